The predicted molar refractivity (Wildman–Crippen MR) is 45.3 cm³/mol. The average molecular weight is 152 g/mol. The number of hydrogen-bond donors (Lipinski definition) is 1. The van der Waals surface area contributed by atoms with Gasteiger partial charge < -0.3 is 5.11 Å². The number of allylic oxidation sites excluding steroid dienone is 4. The third-order valence-corrected chi connectivity index (χ3v) is 1.14. The van der Waals surface area contributed by atoms with E-state index < -0.39 is 5.97 Å². The molecule has 2 heteroatoms. The lowest BCUT2D eigenvalue weighted by Gasteiger charge is -1.89. The Labute approximate surface area is 66.5 Å². The zero-order valence-electron chi connectivity index (χ0n) is 6.74. The summed E-state index contributed by atoms with van der Waals surface area (Å²) in [4.78, 5) is 10.4. The summed E-state index contributed by atoms with van der Waals surface area (Å²) in [6, 6.07) is 0. The van der Waals surface area contributed by atoms with Gasteiger partial charge in [0.1, 0.15) is 0 Å². The maximum absolute atomic E-state index is 10.4. The minimum Gasteiger partial charge on any atom is -0.478 e. The molecular formula is C9H12O2. The fourth-order valence-corrected chi connectivity index (χ4v) is 0.561. The fourth-order valence-electron chi connectivity index (χ4n) is 0.561. The van der Waals surface area contributed by atoms with Crippen LogP contribution < -0.4 is 0 Å². The van der Waals surface area contributed by atoms with E-state index in [-0.39, 0.29) is 0 Å². The van der Waals surface area contributed by atoms with E-state index in [1.165, 1.54) is 0 Å². The third-order valence-electron chi connectivity index (χ3n) is 1.14. The highest BCUT2D eigenvalue weighted by Crippen LogP contribution is 1.96. The average Bonchev–Trinajstić information content (AvgIpc) is 1.97. The number of carbonyl (C=O) groups is 1. The monoisotopic (exact) mass is 152 g/mol. The van der Waals surface area contributed by atoms with E-state index in [9.17, 15) is 4.79 Å². The van der Waals surface area contributed by atoms with Crippen LogP contribution in [-0.4, -0.2) is 11.1 Å². The molecule has 0 aromatic carbocycles. The third kappa shape index (κ3) is 4.14. The van der Waals surface area contributed by atoms with Crippen LogP contribution in [0.15, 0.2) is 36.0 Å². The van der Waals surface area contributed by atoms with Crippen LogP contribution in [0.4, 0.5) is 0 Å². The molecule has 1 N–H and O–H groups in total. The van der Waals surface area contributed by atoms with Crippen molar-refractivity contribution in [3.05, 3.63) is 36.0 Å². The van der Waals surface area contributed by atoms with Crippen LogP contribution in [0.1, 0.15) is 13.8 Å². The summed E-state index contributed by atoms with van der Waals surface area (Å²) in [6.45, 7) is 3.57. The van der Waals surface area contributed by atoms with E-state index >= 15 is 0 Å². The van der Waals surface area contributed by atoms with Crippen LogP contribution in [0, 0.1) is 0 Å². The highest BCUT2D eigenvalue weighted by molar-refractivity contribution is 5.89. The van der Waals surface area contributed by atoms with Crippen LogP contribution in [-0.2, 0) is 4.79 Å². The summed E-state index contributed by atoms with van der Waals surface area (Å²) >= 11 is 0. The zero-order valence-corrected chi connectivity index (χ0v) is 6.74. The van der Waals surface area contributed by atoms with Gasteiger partial charge in [0, 0.05) is 0 Å². The summed E-state index contributed by atoms with van der Waals surface area (Å²) in [7, 11) is 0. The standard InChI is InChI=1S/C9H12O2/c1-3-5-6-7-8(4-2)9(10)11/h3-7H,1-2H3,(H,10,11). The molecule has 0 unspecified atom stereocenters. The Hall–Kier alpha value is -1.31. The van der Waals surface area contributed by atoms with E-state index in [4.69, 9.17) is 5.11 Å². The summed E-state index contributed by atoms with van der Waals surface area (Å²) in [5, 5.41) is 8.53. The topological polar surface area (TPSA) is 37.3 Å². The minimum absolute atomic E-state index is 0.308. The van der Waals surface area contributed by atoms with Gasteiger partial charge in [-0.05, 0) is 19.9 Å². The molecule has 0 bridgehead atoms. The molecule has 0 saturated carbocycles. The Balaban J connectivity index is 4.22. The van der Waals surface area contributed by atoms with E-state index in [1.807, 2.05) is 13.0 Å². The highest BCUT2D eigenvalue weighted by atomic mass is 16.4. The number of carboxylic acid groups (broad SMARTS) is 1. The van der Waals surface area contributed by atoms with Crippen molar-refractivity contribution in [2.75, 3.05) is 0 Å². The molecule has 0 amide bonds. The molecule has 0 saturated heterocycles. The Bertz CT molecular complexity index is 210. The van der Waals surface area contributed by atoms with Crippen molar-refractivity contribution in [2.45, 2.75) is 13.8 Å². The molecule has 60 valence electrons. The van der Waals surface area contributed by atoms with E-state index in [0.717, 1.165) is 0 Å². The van der Waals surface area contributed by atoms with Gasteiger partial charge in [-0.25, -0.2) is 4.79 Å². The van der Waals surface area contributed by atoms with Gasteiger partial charge in [-0.2, -0.15) is 0 Å². The molecule has 0 fully saturated rings. The van der Waals surface area contributed by atoms with E-state index in [1.54, 1.807) is 31.2 Å². The lowest BCUT2D eigenvalue weighted by molar-refractivity contribution is -0.132. The predicted octanol–water partition coefficient (Wildman–Crippen LogP) is 2.15. The van der Waals surface area contributed by atoms with Crippen molar-refractivity contribution in [3.8, 4) is 0 Å². The van der Waals surface area contributed by atoms with Gasteiger partial charge in [-0.15, -0.1) is 0 Å². The molecule has 0 spiro atoms. The van der Waals surface area contributed by atoms with Crippen LogP contribution in [0.3, 0.4) is 0 Å². The zero-order chi connectivity index (χ0) is 8.69. The normalized spacial score (nSPS) is 13.1. The molecule has 0 aliphatic carbocycles. The van der Waals surface area contributed by atoms with Gasteiger partial charge in [0.2, 0.25) is 0 Å². The molecule has 11 heavy (non-hydrogen) atoms. The van der Waals surface area contributed by atoms with Crippen molar-refractivity contribution >= 4 is 5.97 Å². The highest BCUT2D eigenvalue weighted by Gasteiger charge is 1.98. The number of rotatable bonds is 3. The van der Waals surface area contributed by atoms with Gasteiger partial charge in [-0.3, -0.25) is 0 Å². The SMILES string of the molecule is CC=CC=CC(=CC)C(=O)O. The molecule has 0 aliphatic rings. The van der Waals surface area contributed by atoms with E-state index in [2.05, 4.69) is 0 Å². The maximum Gasteiger partial charge on any atom is 0.335 e. The Morgan fingerprint density at radius 3 is 2.27 bits per heavy atom. The van der Waals surface area contributed by atoms with Gasteiger partial charge >= 0.3 is 5.97 Å². The first-order chi connectivity index (χ1) is 5.22. The second-order valence-electron chi connectivity index (χ2n) is 1.93. The maximum atomic E-state index is 10.4. The molecule has 0 atom stereocenters. The molecule has 0 aromatic rings. The lowest BCUT2D eigenvalue weighted by atomic mass is 10.2. The number of carboxylic acids is 1. The van der Waals surface area contributed by atoms with Crippen molar-refractivity contribution in [3.63, 3.8) is 0 Å². The number of hydrogen-bond acceptors (Lipinski definition) is 1. The van der Waals surface area contributed by atoms with Crippen molar-refractivity contribution in [2.24, 2.45) is 0 Å². The molecule has 0 aliphatic heterocycles. The van der Waals surface area contributed by atoms with Crippen LogP contribution in [0.2, 0.25) is 0 Å². The fraction of sp³-hybridized carbons (Fsp3) is 0.222. The smallest absolute Gasteiger partial charge is 0.335 e. The van der Waals surface area contributed by atoms with Gasteiger partial charge in [-0.1, -0.05) is 24.3 Å². The Morgan fingerprint density at radius 1 is 1.27 bits per heavy atom. The molecule has 0 heterocycles. The van der Waals surface area contributed by atoms with Crippen LogP contribution in [0.25, 0.3) is 0 Å². The molecule has 2 nitrogen and oxygen atoms in total. The Morgan fingerprint density at radius 2 is 1.91 bits per heavy atom. The first-order valence-electron chi connectivity index (χ1n) is 3.41. The van der Waals surface area contributed by atoms with Gasteiger partial charge in [0.15, 0.2) is 0 Å². The summed E-state index contributed by atoms with van der Waals surface area (Å²) < 4.78 is 0. The first-order valence-corrected chi connectivity index (χ1v) is 3.41. The largest absolute Gasteiger partial charge is 0.478 e. The van der Waals surface area contributed by atoms with E-state index in [0.29, 0.717) is 5.57 Å². The number of aliphatic carboxylic acids is 1. The van der Waals surface area contributed by atoms with Crippen LogP contribution in [0.5, 0.6) is 0 Å². The summed E-state index contributed by atoms with van der Waals surface area (Å²) in [5.74, 6) is -0.895. The van der Waals surface area contributed by atoms with Crippen molar-refractivity contribution in [1.29, 1.82) is 0 Å². The van der Waals surface area contributed by atoms with Crippen molar-refractivity contribution < 1.29 is 9.90 Å². The van der Waals surface area contributed by atoms with Crippen LogP contribution >= 0.6 is 0 Å². The summed E-state index contributed by atoms with van der Waals surface area (Å²) in [5.41, 5.74) is 0.308. The lowest BCUT2D eigenvalue weighted by Crippen LogP contribution is -1.96. The molecule has 0 radical (unpaired) electrons. The second-order valence-corrected chi connectivity index (χ2v) is 1.93. The first kappa shape index (κ1) is 9.69. The molecule has 0 aromatic heterocycles. The Kier molecular flexibility index (Phi) is 4.82. The second kappa shape index (κ2) is 5.47. The molecule has 0 rings (SSSR count). The molecular weight excluding hydrogens is 140 g/mol. The van der Waals surface area contributed by atoms with Crippen molar-refractivity contribution in [1.82, 2.24) is 0 Å². The quantitative estimate of drug-likeness (QED) is 0.497. The van der Waals surface area contributed by atoms with Gasteiger partial charge in [0.25, 0.3) is 0 Å². The summed E-state index contributed by atoms with van der Waals surface area (Å²) in [6.07, 6.45) is 8.44. The van der Waals surface area contributed by atoms with Gasteiger partial charge in [0.05, 0.1) is 5.57 Å². The minimum atomic E-state index is -0.895.